The van der Waals surface area contributed by atoms with E-state index in [-0.39, 0.29) is 17.7 Å². The van der Waals surface area contributed by atoms with Crippen LogP contribution >= 0.6 is 23.2 Å². The first-order valence-electron chi connectivity index (χ1n) is 12.5. The zero-order chi connectivity index (χ0) is 25.9. The standard InChI is InChI=1S/C29H29Cl2N3O3/c1-37-25-10-6-20(7-11-25)29(36)34-14-12-19-5-9-24(16-27(19)34)32-28(35)22-3-2-13-33(18-22)17-21-4-8-23(30)15-26(21)31/h4-11,15-16,22H,2-3,12-14,17-18H2,1H3,(H,32,35). The third kappa shape index (κ3) is 5.77. The van der Waals surface area contributed by atoms with Crippen LogP contribution < -0.4 is 15.0 Å². The molecule has 2 amide bonds. The average molecular weight is 538 g/mol. The van der Waals surface area contributed by atoms with E-state index in [1.54, 1.807) is 42.3 Å². The fraction of sp³-hybridized carbons (Fsp3) is 0.310. The first-order chi connectivity index (χ1) is 17.9. The van der Waals surface area contributed by atoms with E-state index in [2.05, 4.69) is 10.2 Å². The van der Waals surface area contributed by atoms with Gasteiger partial charge in [0, 0.05) is 46.6 Å². The number of ether oxygens (including phenoxy) is 1. The summed E-state index contributed by atoms with van der Waals surface area (Å²) in [5.41, 5.74) is 4.26. The van der Waals surface area contributed by atoms with Crippen molar-refractivity contribution in [1.82, 2.24) is 4.90 Å². The lowest BCUT2D eigenvalue weighted by Crippen LogP contribution is -2.40. The predicted molar refractivity (Wildman–Crippen MR) is 148 cm³/mol. The monoisotopic (exact) mass is 537 g/mol. The van der Waals surface area contributed by atoms with Crippen LogP contribution in [0.4, 0.5) is 11.4 Å². The Hall–Kier alpha value is -3.06. The van der Waals surface area contributed by atoms with Gasteiger partial charge < -0.3 is 15.0 Å². The number of methoxy groups -OCH3 is 1. The fourth-order valence-electron chi connectivity index (χ4n) is 5.11. The summed E-state index contributed by atoms with van der Waals surface area (Å²) in [5, 5.41) is 4.35. The third-order valence-electron chi connectivity index (χ3n) is 7.12. The number of fused-ring (bicyclic) bond motifs is 1. The molecule has 8 heteroatoms. The smallest absolute Gasteiger partial charge is 0.258 e. The molecule has 0 aliphatic carbocycles. The highest BCUT2D eigenvalue weighted by Crippen LogP contribution is 2.33. The van der Waals surface area contributed by atoms with E-state index in [4.69, 9.17) is 27.9 Å². The van der Waals surface area contributed by atoms with Gasteiger partial charge in [-0.2, -0.15) is 0 Å². The van der Waals surface area contributed by atoms with Crippen LogP contribution in [0.3, 0.4) is 0 Å². The number of rotatable bonds is 6. The SMILES string of the molecule is COc1ccc(C(=O)N2CCc3ccc(NC(=O)C4CCCN(Cc5ccc(Cl)cc5Cl)C4)cc32)cc1. The maximum atomic E-state index is 13.2. The van der Waals surface area contributed by atoms with Crippen molar-refractivity contribution in [2.24, 2.45) is 5.92 Å². The van der Waals surface area contributed by atoms with Crippen LogP contribution in [0.1, 0.15) is 34.3 Å². The Bertz CT molecular complexity index is 1310. The molecule has 3 aromatic carbocycles. The van der Waals surface area contributed by atoms with Crippen molar-refractivity contribution in [2.75, 3.05) is 37.0 Å². The molecular formula is C29H29Cl2N3O3. The molecular weight excluding hydrogens is 509 g/mol. The summed E-state index contributed by atoms with van der Waals surface area (Å²) in [6.07, 6.45) is 2.57. The molecule has 1 N–H and O–H groups in total. The number of likely N-dealkylation sites (tertiary alicyclic amines) is 1. The van der Waals surface area contributed by atoms with Crippen LogP contribution in [0, 0.1) is 5.92 Å². The Morgan fingerprint density at radius 2 is 1.84 bits per heavy atom. The molecule has 3 aromatic rings. The maximum Gasteiger partial charge on any atom is 0.258 e. The lowest BCUT2D eigenvalue weighted by atomic mass is 9.96. The van der Waals surface area contributed by atoms with Gasteiger partial charge in [-0.3, -0.25) is 14.5 Å². The molecule has 0 radical (unpaired) electrons. The third-order valence-corrected chi connectivity index (χ3v) is 7.70. The van der Waals surface area contributed by atoms with Gasteiger partial charge in [0.2, 0.25) is 5.91 Å². The summed E-state index contributed by atoms with van der Waals surface area (Å²) in [5.74, 6) is 0.526. The number of piperidine rings is 1. The molecule has 5 rings (SSSR count). The summed E-state index contributed by atoms with van der Waals surface area (Å²) in [6.45, 7) is 2.88. The quantitative estimate of drug-likeness (QED) is 0.415. The summed E-state index contributed by atoms with van der Waals surface area (Å²) >= 11 is 12.4. The van der Waals surface area contributed by atoms with Gasteiger partial charge in [-0.1, -0.05) is 35.3 Å². The summed E-state index contributed by atoms with van der Waals surface area (Å²) in [6, 6.07) is 18.5. The number of carbonyl (C=O) groups is 2. The first kappa shape index (κ1) is 25.6. The molecule has 0 aromatic heterocycles. The highest BCUT2D eigenvalue weighted by molar-refractivity contribution is 6.35. The number of benzene rings is 3. The molecule has 0 bridgehead atoms. The van der Waals surface area contributed by atoms with Gasteiger partial charge >= 0.3 is 0 Å². The topological polar surface area (TPSA) is 61.9 Å². The first-order valence-corrected chi connectivity index (χ1v) is 13.2. The lowest BCUT2D eigenvalue weighted by molar-refractivity contribution is -0.121. The van der Waals surface area contributed by atoms with Gasteiger partial charge in [0.25, 0.3) is 5.91 Å². The van der Waals surface area contributed by atoms with Crippen molar-refractivity contribution in [2.45, 2.75) is 25.8 Å². The molecule has 2 heterocycles. The van der Waals surface area contributed by atoms with Crippen LogP contribution in [0.25, 0.3) is 0 Å². The fourth-order valence-corrected chi connectivity index (χ4v) is 5.57. The summed E-state index contributed by atoms with van der Waals surface area (Å²) in [4.78, 5) is 30.4. The van der Waals surface area contributed by atoms with E-state index in [1.165, 1.54) is 0 Å². The zero-order valence-corrected chi connectivity index (χ0v) is 22.2. The molecule has 192 valence electrons. The van der Waals surface area contributed by atoms with E-state index >= 15 is 0 Å². The number of hydrogen-bond acceptors (Lipinski definition) is 4. The molecule has 1 atom stereocenters. The van der Waals surface area contributed by atoms with E-state index in [0.717, 1.165) is 42.6 Å². The van der Waals surface area contributed by atoms with Crippen LogP contribution in [-0.4, -0.2) is 43.5 Å². The van der Waals surface area contributed by atoms with Crippen LogP contribution in [0.2, 0.25) is 10.0 Å². The highest BCUT2D eigenvalue weighted by Gasteiger charge is 2.28. The van der Waals surface area contributed by atoms with Gasteiger partial charge in [-0.05, 0) is 85.5 Å². The Balaban J connectivity index is 1.24. The van der Waals surface area contributed by atoms with Crippen molar-refractivity contribution in [3.63, 3.8) is 0 Å². The summed E-state index contributed by atoms with van der Waals surface area (Å²) < 4.78 is 5.20. The maximum absolute atomic E-state index is 13.2. The summed E-state index contributed by atoms with van der Waals surface area (Å²) in [7, 11) is 1.60. The lowest BCUT2D eigenvalue weighted by Gasteiger charge is -2.32. The Morgan fingerprint density at radius 3 is 2.59 bits per heavy atom. The number of anilines is 2. The molecule has 1 unspecified atom stereocenters. The van der Waals surface area contributed by atoms with E-state index in [0.29, 0.717) is 46.7 Å². The van der Waals surface area contributed by atoms with Crippen LogP contribution in [0.5, 0.6) is 5.75 Å². The van der Waals surface area contributed by atoms with Gasteiger partial charge in [0.1, 0.15) is 5.75 Å². The second-order valence-electron chi connectivity index (χ2n) is 9.58. The number of nitrogens with one attached hydrogen (secondary N) is 1. The Kier molecular flexibility index (Phi) is 7.70. The number of amides is 2. The molecule has 0 spiro atoms. The molecule has 1 fully saturated rings. The molecule has 6 nitrogen and oxygen atoms in total. The van der Waals surface area contributed by atoms with Crippen LogP contribution in [0.15, 0.2) is 60.7 Å². The number of halogens is 2. The van der Waals surface area contributed by atoms with Crippen molar-refractivity contribution in [3.05, 3.63) is 87.4 Å². The molecule has 2 aliphatic rings. The molecule has 37 heavy (non-hydrogen) atoms. The minimum Gasteiger partial charge on any atom is -0.497 e. The van der Waals surface area contributed by atoms with Crippen molar-refractivity contribution >= 4 is 46.4 Å². The second-order valence-corrected chi connectivity index (χ2v) is 10.4. The minimum absolute atomic E-state index is 0.00196. The largest absolute Gasteiger partial charge is 0.497 e. The number of carbonyl (C=O) groups excluding carboxylic acids is 2. The highest BCUT2D eigenvalue weighted by atomic mass is 35.5. The molecule has 0 saturated carbocycles. The predicted octanol–water partition coefficient (Wildman–Crippen LogP) is 6.06. The van der Waals surface area contributed by atoms with E-state index < -0.39 is 0 Å². The van der Waals surface area contributed by atoms with Gasteiger partial charge in [0.15, 0.2) is 0 Å². The molecule has 2 aliphatic heterocycles. The zero-order valence-electron chi connectivity index (χ0n) is 20.7. The normalized spacial score (nSPS) is 17.4. The van der Waals surface area contributed by atoms with E-state index in [1.807, 2.05) is 30.3 Å². The number of hydrogen-bond donors (Lipinski definition) is 1. The molecule has 1 saturated heterocycles. The number of nitrogens with zero attached hydrogens (tertiary/aromatic N) is 2. The Morgan fingerprint density at radius 1 is 1.03 bits per heavy atom. The van der Waals surface area contributed by atoms with Crippen LogP contribution in [-0.2, 0) is 17.8 Å². The van der Waals surface area contributed by atoms with Gasteiger partial charge in [-0.25, -0.2) is 0 Å². The van der Waals surface area contributed by atoms with Gasteiger partial charge in [0.05, 0.1) is 13.0 Å². The van der Waals surface area contributed by atoms with Crippen molar-refractivity contribution in [1.29, 1.82) is 0 Å². The second kappa shape index (κ2) is 11.1. The van der Waals surface area contributed by atoms with Crippen molar-refractivity contribution < 1.29 is 14.3 Å². The van der Waals surface area contributed by atoms with Crippen molar-refractivity contribution in [3.8, 4) is 5.75 Å². The average Bonchev–Trinajstić information content (AvgIpc) is 3.33. The Labute approximate surface area is 227 Å². The van der Waals surface area contributed by atoms with Gasteiger partial charge in [-0.15, -0.1) is 0 Å². The van der Waals surface area contributed by atoms with E-state index in [9.17, 15) is 9.59 Å². The minimum atomic E-state index is -0.120.